The molecule has 128 valence electrons. The van der Waals surface area contributed by atoms with Gasteiger partial charge in [0, 0.05) is 12.6 Å². The van der Waals surface area contributed by atoms with Gasteiger partial charge < -0.3 is 24.3 Å². The minimum atomic E-state index is 0.179. The fraction of sp³-hybridized carbons (Fsp3) is 0.368. The average molecular weight is 329 g/mol. The SMILES string of the molecule is COc1ccc(C(C)NCc2ccc3c(c2)OCCO3)cc1OC. The Morgan fingerprint density at radius 3 is 2.46 bits per heavy atom. The lowest BCUT2D eigenvalue weighted by Gasteiger charge is -2.20. The van der Waals surface area contributed by atoms with E-state index in [0.717, 1.165) is 40.7 Å². The second-order valence-corrected chi connectivity index (χ2v) is 5.70. The van der Waals surface area contributed by atoms with Crippen molar-refractivity contribution in [3.8, 4) is 23.0 Å². The van der Waals surface area contributed by atoms with E-state index in [4.69, 9.17) is 18.9 Å². The van der Waals surface area contributed by atoms with Crippen molar-refractivity contribution in [3.63, 3.8) is 0 Å². The summed E-state index contributed by atoms with van der Waals surface area (Å²) >= 11 is 0. The highest BCUT2D eigenvalue weighted by Crippen LogP contribution is 2.32. The zero-order valence-electron chi connectivity index (χ0n) is 14.3. The van der Waals surface area contributed by atoms with Crippen LogP contribution in [0.15, 0.2) is 36.4 Å². The second-order valence-electron chi connectivity index (χ2n) is 5.70. The fourth-order valence-electron chi connectivity index (χ4n) is 2.71. The quantitative estimate of drug-likeness (QED) is 0.881. The van der Waals surface area contributed by atoms with Gasteiger partial charge in [0.05, 0.1) is 14.2 Å². The zero-order valence-corrected chi connectivity index (χ0v) is 14.3. The second kappa shape index (κ2) is 7.45. The van der Waals surface area contributed by atoms with Crippen LogP contribution >= 0.6 is 0 Å². The molecule has 0 saturated heterocycles. The Hall–Kier alpha value is -2.40. The van der Waals surface area contributed by atoms with Gasteiger partial charge in [-0.25, -0.2) is 0 Å². The van der Waals surface area contributed by atoms with Gasteiger partial charge in [0.1, 0.15) is 13.2 Å². The molecular formula is C19H23NO4. The number of hydrogen-bond donors (Lipinski definition) is 1. The standard InChI is InChI=1S/C19H23NO4/c1-13(15-5-7-16(21-2)18(11-15)22-3)20-12-14-4-6-17-19(10-14)24-9-8-23-17/h4-7,10-11,13,20H,8-9,12H2,1-3H3. The molecule has 0 aliphatic carbocycles. The third-order valence-corrected chi connectivity index (χ3v) is 4.13. The van der Waals surface area contributed by atoms with Gasteiger partial charge in [0.15, 0.2) is 23.0 Å². The maximum Gasteiger partial charge on any atom is 0.161 e. The van der Waals surface area contributed by atoms with Crippen molar-refractivity contribution >= 4 is 0 Å². The monoisotopic (exact) mass is 329 g/mol. The summed E-state index contributed by atoms with van der Waals surface area (Å²) in [4.78, 5) is 0. The molecule has 2 aromatic carbocycles. The smallest absolute Gasteiger partial charge is 0.161 e. The molecule has 5 nitrogen and oxygen atoms in total. The number of nitrogens with one attached hydrogen (secondary N) is 1. The predicted molar refractivity (Wildman–Crippen MR) is 92.2 cm³/mol. The number of benzene rings is 2. The first-order valence-electron chi connectivity index (χ1n) is 8.05. The van der Waals surface area contributed by atoms with Crippen LogP contribution in [-0.2, 0) is 6.54 Å². The molecule has 0 amide bonds. The average Bonchev–Trinajstić information content (AvgIpc) is 2.65. The topological polar surface area (TPSA) is 49.0 Å². The molecule has 24 heavy (non-hydrogen) atoms. The Labute approximate surface area is 142 Å². The largest absolute Gasteiger partial charge is 0.493 e. The van der Waals surface area contributed by atoms with Crippen LogP contribution in [0, 0.1) is 0 Å². The maximum atomic E-state index is 5.63. The molecule has 2 aromatic rings. The summed E-state index contributed by atoms with van der Waals surface area (Å²) in [5.41, 5.74) is 2.30. The van der Waals surface area contributed by atoms with Crippen LogP contribution in [0.25, 0.3) is 0 Å². The summed E-state index contributed by atoms with van der Waals surface area (Å²) < 4.78 is 21.8. The zero-order chi connectivity index (χ0) is 16.9. The molecule has 0 bridgehead atoms. The van der Waals surface area contributed by atoms with Crippen molar-refractivity contribution in [1.29, 1.82) is 0 Å². The van der Waals surface area contributed by atoms with Gasteiger partial charge in [0.2, 0.25) is 0 Å². The lowest BCUT2D eigenvalue weighted by molar-refractivity contribution is 0.171. The van der Waals surface area contributed by atoms with Crippen LogP contribution in [-0.4, -0.2) is 27.4 Å². The van der Waals surface area contributed by atoms with Gasteiger partial charge in [-0.1, -0.05) is 12.1 Å². The van der Waals surface area contributed by atoms with E-state index in [1.807, 2.05) is 30.3 Å². The van der Waals surface area contributed by atoms with E-state index in [1.54, 1.807) is 14.2 Å². The lowest BCUT2D eigenvalue weighted by Crippen LogP contribution is -2.19. The molecule has 0 aromatic heterocycles. The van der Waals surface area contributed by atoms with Gasteiger partial charge in [-0.05, 0) is 42.3 Å². The van der Waals surface area contributed by atoms with Crippen LogP contribution in [0.4, 0.5) is 0 Å². The van der Waals surface area contributed by atoms with Gasteiger partial charge in [-0.3, -0.25) is 0 Å². The normalized spacial score (nSPS) is 14.1. The first-order valence-corrected chi connectivity index (χ1v) is 8.05. The first kappa shape index (κ1) is 16.5. The van der Waals surface area contributed by atoms with Gasteiger partial charge in [0.25, 0.3) is 0 Å². The van der Waals surface area contributed by atoms with Crippen molar-refractivity contribution in [2.24, 2.45) is 0 Å². The first-order chi connectivity index (χ1) is 11.7. The molecule has 1 aliphatic rings. The number of hydrogen-bond acceptors (Lipinski definition) is 5. The lowest BCUT2D eigenvalue weighted by atomic mass is 10.1. The fourth-order valence-corrected chi connectivity index (χ4v) is 2.71. The van der Waals surface area contributed by atoms with Crippen molar-refractivity contribution in [2.75, 3.05) is 27.4 Å². The van der Waals surface area contributed by atoms with Crippen molar-refractivity contribution < 1.29 is 18.9 Å². The molecule has 3 rings (SSSR count). The van der Waals surface area contributed by atoms with E-state index >= 15 is 0 Å². The number of methoxy groups -OCH3 is 2. The van der Waals surface area contributed by atoms with Gasteiger partial charge in [-0.2, -0.15) is 0 Å². The molecule has 1 N–H and O–H groups in total. The molecule has 1 heterocycles. The van der Waals surface area contributed by atoms with E-state index in [0.29, 0.717) is 13.2 Å². The van der Waals surface area contributed by atoms with Crippen LogP contribution in [0.2, 0.25) is 0 Å². The Morgan fingerprint density at radius 2 is 1.71 bits per heavy atom. The van der Waals surface area contributed by atoms with E-state index in [1.165, 1.54) is 0 Å². The van der Waals surface area contributed by atoms with E-state index in [-0.39, 0.29) is 6.04 Å². The third-order valence-electron chi connectivity index (χ3n) is 4.13. The van der Waals surface area contributed by atoms with Crippen LogP contribution < -0.4 is 24.3 Å². The molecular weight excluding hydrogens is 306 g/mol. The summed E-state index contributed by atoms with van der Waals surface area (Å²) in [7, 11) is 3.29. The number of ether oxygens (including phenoxy) is 4. The molecule has 0 saturated carbocycles. The van der Waals surface area contributed by atoms with Crippen molar-refractivity contribution in [1.82, 2.24) is 5.32 Å². The Morgan fingerprint density at radius 1 is 0.958 bits per heavy atom. The highest BCUT2D eigenvalue weighted by molar-refractivity contribution is 5.45. The number of rotatable bonds is 6. The maximum absolute atomic E-state index is 5.63. The molecule has 5 heteroatoms. The van der Waals surface area contributed by atoms with Gasteiger partial charge >= 0.3 is 0 Å². The Bertz CT molecular complexity index is 702. The minimum absolute atomic E-state index is 0.179. The minimum Gasteiger partial charge on any atom is -0.493 e. The van der Waals surface area contributed by atoms with Crippen molar-refractivity contribution in [3.05, 3.63) is 47.5 Å². The predicted octanol–water partition coefficient (Wildman–Crippen LogP) is 3.33. The summed E-state index contributed by atoms with van der Waals surface area (Å²) in [5, 5.41) is 3.52. The summed E-state index contributed by atoms with van der Waals surface area (Å²) in [5.74, 6) is 3.11. The summed E-state index contributed by atoms with van der Waals surface area (Å²) in [6.45, 7) is 4.08. The molecule has 1 unspecified atom stereocenters. The molecule has 1 atom stereocenters. The van der Waals surface area contributed by atoms with Gasteiger partial charge in [-0.15, -0.1) is 0 Å². The third kappa shape index (κ3) is 3.57. The van der Waals surface area contributed by atoms with E-state index in [2.05, 4.69) is 18.3 Å². The molecule has 0 fully saturated rings. The molecule has 1 aliphatic heterocycles. The van der Waals surface area contributed by atoms with E-state index < -0.39 is 0 Å². The van der Waals surface area contributed by atoms with Crippen LogP contribution in [0.1, 0.15) is 24.1 Å². The Kier molecular flexibility index (Phi) is 5.11. The van der Waals surface area contributed by atoms with Crippen LogP contribution in [0.3, 0.4) is 0 Å². The highest BCUT2D eigenvalue weighted by Gasteiger charge is 2.13. The summed E-state index contributed by atoms with van der Waals surface area (Å²) in [6.07, 6.45) is 0. The molecule has 0 spiro atoms. The van der Waals surface area contributed by atoms with Crippen molar-refractivity contribution in [2.45, 2.75) is 19.5 Å². The molecule has 0 radical (unpaired) electrons. The number of fused-ring (bicyclic) bond motifs is 1. The summed E-state index contributed by atoms with van der Waals surface area (Å²) in [6, 6.07) is 12.2. The van der Waals surface area contributed by atoms with Crippen LogP contribution in [0.5, 0.6) is 23.0 Å². The highest BCUT2D eigenvalue weighted by atomic mass is 16.6. The Balaban J connectivity index is 1.66. The van der Waals surface area contributed by atoms with E-state index in [9.17, 15) is 0 Å².